The first kappa shape index (κ1) is 21.0. The largest absolute Gasteiger partial charge is 0.337 e. The Labute approximate surface area is 196 Å². The molecule has 3 aliphatic heterocycles. The first-order chi connectivity index (χ1) is 16.5. The van der Waals surface area contributed by atoms with Gasteiger partial charge in [-0.25, -0.2) is 4.68 Å². The van der Waals surface area contributed by atoms with Gasteiger partial charge in [0.25, 0.3) is 11.8 Å². The number of aromatic nitrogens is 3. The van der Waals surface area contributed by atoms with Gasteiger partial charge in [-0.2, -0.15) is 0 Å². The van der Waals surface area contributed by atoms with Crippen LogP contribution in [0.4, 0.5) is 0 Å². The standard InChI is InChI=1S/C24H26N6O4/c31-21-6-5-20(22(32)25-21)29-12-16-3-4-17(10-18(16)23(29)33)30-13-19(26-27-30)24(34)28-8-7-14-1-2-15(9-14)11-28/h3-4,10,13-15,20H,1-2,5-9,11-12H2,(H,25,31,32). The van der Waals surface area contributed by atoms with Gasteiger partial charge in [0.2, 0.25) is 11.8 Å². The van der Waals surface area contributed by atoms with Crippen molar-refractivity contribution in [3.8, 4) is 5.69 Å². The smallest absolute Gasteiger partial charge is 0.276 e. The molecule has 2 saturated heterocycles. The van der Waals surface area contributed by atoms with Gasteiger partial charge in [0, 0.05) is 31.6 Å². The summed E-state index contributed by atoms with van der Waals surface area (Å²) in [5, 5.41) is 10.6. The van der Waals surface area contributed by atoms with Crippen LogP contribution in [-0.4, -0.2) is 67.6 Å². The molecular formula is C24H26N6O4. The second-order valence-corrected chi connectivity index (χ2v) is 9.87. The average Bonchev–Trinajstić information content (AvgIpc) is 3.51. The molecule has 1 saturated carbocycles. The molecule has 4 heterocycles. The van der Waals surface area contributed by atoms with Crippen LogP contribution in [0.2, 0.25) is 0 Å². The van der Waals surface area contributed by atoms with Crippen molar-refractivity contribution in [2.75, 3.05) is 13.1 Å². The third kappa shape index (κ3) is 3.57. The fourth-order valence-corrected chi connectivity index (χ4v) is 5.87. The second kappa shape index (κ2) is 8.03. The lowest BCUT2D eigenvalue weighted by Gasteiger charge is -2.29. The lowest BCUT2D eigenvalue weighted by atomic mass is 10.0. The van der Waals surface area contributed by atoms with E-state index in [2.05, 4.69) is 15.6 Å². The molecule has 10 nitrogen and oxygen atoms in total. The van der Waals surface area contributed by atoms with Crippen molar-refractivity contribution < 1.29 is 19.2 Å². The summed E-state index contributed by atoms with van der Waals surface area (Å²) >= 11 is 0. The quantitative estimate of drug-likeness (QED) is 0.687. The van der Waals surface area contributed by atoms with E-state index in [0.717, 1.165) is 31.0 Å². The van der Waals surface area contributed by atoms with Crippen LogP contribution in [0.1, 0.15) is 64.9 Å². The van der Waals surface area contributed by atoms with E-state index in [1.165, 1.54) is 28.8 Å². The number of amides is 4. The number of hydrogen-bond acceptors (Lipinski definition) is 6. The molecule has 0 radical (unpaired) electrons. The van der Waals surface area contributed by atoms with Crippen LogP contribution in [0, 0.1) is 11.8 Å². The van der Waals surface area contributed by atoms with Crippen molar-refractivity contribution in [1.29, 1.82) is 0 Å². The minimum atomic E-state index is -0.652. The monoisotopic (exact) mass is 462 g/mol. The van der Waals surface area contributed by atoms with Crippen LogP contribution in [0.25, 0.3) is 5.69 Å². The van der Waals surface area contributed by atoms with Crippen LogP contribution in [-0.2, 0) is 16.1 Å². The summed E-state index contributed by atoms with van der Waals surface area (Å²) < 4.78 is 1.51. The average molecular weight is 463 g/mol. The number of piperidine rings is 1. The Morgan fingerprint density at radius 2 is 1.91 bits per heavy atom. The van der Waals surface area contributed by atoms with Crippen LogP contribution < -0.4 is 5.32 Å². The van der Waals surface area contributed by atoms with Crippen molar-refractivity contribution in [1.82, 2.24) is 30.1 Å². The van der Waals surface area contributed by atoms with E-state index in [-0.39, 0.29) is 24.1 Å². The third-order valence-corrected chi connectivity index (χ3v) is 7.71. The molecule has 176 valence electrons. The molecule has 2 bridgehead atoms. The van der Waals surface area contributed by atoms with Crippen molar-refractivity contribution in [2.45, 2.75) is 51.1 Å². The third-order valence-electron chi connectivity index (χ3n) is 7.71. The Morgan fingerprint density at radius 3 is 2.76 bits per heavy atom. The van der Waals surface area contributed by atoms with Gasteiger partial charge in [0.05, 0.1) is 11.9 Å². The van der Waals surface area contributed by atoms with Crippen LogP contribution in [0.3, 0.4) is 0 Å². The summed E-state index contributed by atoms with van der Waals surface area (Å²) in [6, 6.07) is 4.73. The maximum Gasteiger partial charge on any atom is 0.276 e. The summed E-state index contributed by atoms with van der Waals surface area (Å²) in [4.78, 5) is 53.3. The molecule has 4 aliphatic rings. The maximum atomic E-state index is 13.1. The minimum absolute atomic E-state index is 0.0972. The molecule has 1 N–H and O–H groups in total. The normalized spacial score (nSPS) is 26.5. The van der Waals surface area contributed by atoms with Crippen LogP contribution >= 0.6 is 0 Å². The number of carbonyl (C=O) groups is 4. The zero-order chi connectivity index (χ0) is 23.4. The molecule has 10 heteroatoms. The molecule has 3 unspecified atom stereocenters. The number of benzene rings is 1. The molecule has 3 atom stereocenters. The highest BCUT2D eigenvalue weighted by Crippen LogP contribution is 2.36. The van der Waals surface area contributed by atoms with Gasteiger partial charge in [-0.3, -0.25) is 24.5 Å². The topological polar surface area (TPSA) is 118 Å². The Bertz CT molecular complexity index is 1210. The molecule has 1 aromatic carbocycles. The number of carbonyl (C=O) groups excluding carboxylic acids is 4. The van der Waals surface area contributed by atoms with Gasteiger partial charge in [0.15, 0.2) is 5.69 Å². The molecule has 2 aromatic rings. The number of rotatable bonds is 3. The number of likely N-dealkylation sites (tertiary alicyclic amines) is 1. The Balaban J connectivity index is 1.19. The highest BCUT2D eigenvalue weighted by atomic mass is 16.2. The Kier molecular flexibility index (Phi) is 4.96. The number of nitrogens with one attached hydrogen (secondary N) is 1. The molecular weight excluding hydrogens is 436 g/mol. The second-order valence-electron chi connectivity index (χ2n) is 9.87. The predicted molar refractivity (Wildman–Crippen MR) is 119 cm³/mol. The van der Waals surface area contributed by atoms with Crippen molar-refractivity contribution in [3.63, 3.8) is 0 Å². The SMILES string of the molecule is O=C1CCC(N2Cc3ccc(-n4cc(C(=O)N5CCC6CCC(C6)C5)nn4)cc3C2=O)C(=O)N1. The molecule has 4 amide bonds. The van der Waals surface area contributed by atoms with E-state index < -0.39 is 11.9 Å². The van der Waals surface area contributed by atoms with Gasteiger partial charge in [-0.1, -0.05) is 17.7 Å². The van der Waals surface area contributed by atoms with E-state index in [4.69, 9.17) is 0 Å². The van der Waals surface area contributed by atoms with E-state index >= 15 is 0 Å². The lowest BCUT2D eigenvalue weighted by molar-refractivity contribution is -0.136. The first-order valence-corrected chi connectivity index (χ1v) is 12.0. The predicted octanol–water partition coefficient (Wildman–Crippen LogP) is 1.29. The number of imide groups is 1. The number of fused-ring (bicyclic) bond motifs is 3. The van der Waals surface area contributed by atoms with E-state index in [1.54, 1.807) is 12.3 Å². The van der Waals surface area contributed by atoms with Crippen LogP contribution in [0.5, 0.6) is 0 Å². The van der Waals surface area contributed by atoms with Crippen molar-refractivity contribution in [2.24, 2.45) is 11.8 Å². The molecule has 3 fully saturated rings. The molecule has 0 spiro atoms. The summed E-state index contributed by atoms with van der Waals surface area (Å²) in [7, 11) is 0. The molecule has 6 rings (SSSR count). The van der Waals surface area contributed by atoms with Gasteiger partial charge in [-0.15, -0.1) is 5.10 Å². The van der Waals surface area contributed by atoms with Gasteiger partial charge < -0.3 is 9.80 Å². The minimum Gasteiger partial charge on any atom is -0.337 e. The highest BCUT2D eigenvalue weighted by Gasteiger charge is 2.39. The summed E-state index contributed by atoms with van der Waals surface area (Å²) in [6.07, 6.45) is 6.90. The Morgan fingerprint density at radius 1 is 1.06 bits per heavy atom. The molecule has 34 heavy (non-hydrogen) atoms. The van der Waals surface area contributed by atoms with E-state index in [0.29, 0.717) is 35.8 Å². The molecule has 1 aliphatic carbocycles. The van der Waals surface area contributed by atoms with Gasteiger partial charge >= 0.3 is 0 Å². The summed E-state index contributed by atoms with van der Waals surface area (Å²) in [6.45, 7) is 1.86. The highest BCUT2D eigenvalue weighted by molar-refractivity contribution is 6.05. The van der Waals surface area contributed by atoms with E-state index in [9.17, 15) is 19.2 Å². The van der Waals surface area contributed by atoms with Crippen molar-refractivity contribution in [3.05, 3.63) is 41.2 Å². The van der Waals surface area contributed by atoms with Crippen molar-refractivity contribution >= 4 is 23.6 Å². The summed E-state index contributed by atoms with van der Waals surface area (Å²) in [5.74, 6) is 0.238. The van der Waals surface area contributed by atoms with Gasteiger partial charge in [-0.05, 0) is 55.2 Å². The van der Waals surface area contributed by atoms with E-state index in [1.807, 2.05) is 17.0 Å². The van der Waals surface area contributed by atoms with Crippen LogP contribution in [0.15, 0.2) is 24.4 Å². The zero-order valence-electron chi connectivity index (χ0n) is 18.8. The Hall–Kier alpha value is -3.56. The van der Waals surface area contributed by atoms with Gasteiger partial charge in [0.1, 0.15) is 6.04 Å². The molecule has 1 aromatic heterocycles. The first-order valence-electron chi connectivity index (χ1n) is 12.0. The number of hydrogen-bond donors (Lipinski definition) is 1. The maximum absolute atomic E-state index is 13.1. The summed E-state index contributed by atoms with van der Waals surface area (Å²) in [5.41, 5.74) is 2.23. The number of nitrogens with zero attached hydrogens (tertiary/aromatic N) is 5. The lowest BCUT2D eigenvalue weighted by Crippen LogP contribution is -2.52. The fraction of sp³-hybridized carbons (Fsp3) is 0.500. The zero-order valence-corrected chi connectivity index (χ0v) is 18.8. The fourth-order valence-electron chi connectivity index (χ4n) is 5.87.